The van der Waals surface area contributed by atoms with E-state index >= 15 is 0 Å². The predicted octanol–water partition coefficient (Wildman–Crippen LogP) is 0.727. The second-order valence-electron chi connectivity index (χ2n) is 2.69. The SMILES string of the molecule is COc1c(-n2cc(Br)cn2)nc[nH]c1=O. The van der Waals surface area contributed by atoms with Crippen LogP contribution in [0.25, 0.3) is 5.82 Å². The summed E-state index contributed by atoms with van der Waals surface area (Å²) in [6.07, 6.45) is 4.59. The van der Waals surface area contributed by atoms with Crippen LogP contribution in [0.5, 0.6) is 5.75 Å². The Kier molecular flexibility index (Phi) is 2.55. The lowest BCUT2D eigenvalue weighted by Gasteiger charge is -2.04. The van der Waals surface area contributed by atoms with E-state index in [4.69, 9.17) is 4.74 Å². The van der Waals surface area contributed by atoms with Crippen LogP contribution in [0.1, 0.15) is 0 Å². The maximum absolute atomic E-state index is 11.4. The van der Waals surface area contributed by atoms with E-state index in [2.05, 4.69) is 31.0 Å². The molecule has 0 spiro atoms. The highest BCUT2D eigenvalue weighted by molar-refractivity contribution is 9.10. The fraction of sp³-hybridized carbons (Fsp3) is 0.125. The van der Waals surface area contributed by atoms with Crippen LogP contribution in [0.2, 0.25) is 0 Å². The molecule has 7 heteroatoms. The van der Waals surface area contributed by atoms with Gasteiger partial charge in [0.25, 0.3) is 5.56 Å². The van der Waals surface area contributed by atoms with Crippen molar-refractivity contribution in [2.75, 3.05) is 7.11 Å². The van der Waals surface area contributed by atoms with Gasteiger partial charge < -0.3 is 9.72 Å². The monoisotopic (exact) mass is 270 g/mol. The number of aromatic nitrogens is 4. The fourth-order valence-electron chi connectivity index (χ4n) is 1.14. The van der Waals surface area contributed by atoms with Crippen molar-refractivity contribution in [1.29, 1.82) is 0 Å². The molecule has 0 radical (unpaired) electrons. The highest BCUT2D eigenvalue weighted by Crippen LogP contribution is 2.15. The molecule has 0 atom stereocenters. The number of hydrogen-bond donors (Lipinski definition) is 1. The van der Waals surface area contributed by atoms with Crippen molar-refractivity contribution in [3.05, 3.63) is 33.5 Å². The topological polar surface area (TPSA) is 72.8 Å². The van der Waals surface area contributed by atoms with Crippen LogP contribution in [0.15, 0.2) is 28.0 Å². The Bertz CT molecular complexity index is 533. The smallest absolute Gasteiger partial charge is 0.295 e. The van der Waals surface area contributed by atoms with Crippen LogP contribution in [0, 0.1) is 0 Å². The number of H-pyrrole nitrogens is 1. The summed E-state index contributed by atoms with van der Waals surface area (Å²) in [5.74, 6) is 0.486. The average Bonchev–Trinajstić information content (AvgIpc) is 2.64. The van der Waals surface area contributed by atoms with E-state index in [0.29, 0.717) is 5.82 Å². The van der Waals surface area contributed by atoms with Crippen molar-refractivity contribution in [2.24, 2.45) is 0 Å². The Morgan fingerprint density at radius 1 is 1.60 bits per heavy atom. The van der Waals surface area contributed by atoms with E-state index in [1.807, 2.05) is 0 Å². The zero-order valence-corrected chi connectivity index (χ0v) is 9.35. The van der Waals surface area contributed by atoms with Crippen molar-refractivity contribution in [1.82, 2.24) is 19.7 Å². The van der Waals surface area contributed by atoms with Gasteiger partial charge in [-0.15, -0.1) is 0 Å². The van der Waals surface area contributed by atoms with Crippen LogP contribution in [-0.2, 0) is 0 Å². The first-order valence-electron chi connectivity index (χ1n) is 4.04. The summed E-state index contributed by atoms with van der Waals surface area (Å²) < 4.78 is 7.21. The molecule has 2 heterocycles. The summed E-state index contributed by atoms with van der Waals surface area (Å²) in [5.41, 5.74) is -0.339. The first kappa shape index (κ1) is 9.91. The molecule has 78 valence electrons. The predicted molar refractivity (Wildman–Crippen MR) is 56.2 cm³/mol. The van der Waals surface area contributed by atoms with Gasteiger partial charge in [0.1, 0.15) is 0 Å². The number of nitrogens with one attached hydrogen (secondary N) is 1. The van der Waals surface area contributed by atoms with Crippen LogP contribution in [0.4, 0.5) is 0 Å². The summed E-state index contributed by atoms with van der Waals surface area (Å²) in [7, 11) is 1.41. The van der Waals surface area contributed by atoms with Gasteiger partial charge in [0, 0.05) is 6.20 Å². The number of nitrogens with zero attached hydrogens (tertiary/aromatic N) is 3. The zero-order valence-electron chi connectivity index (χ0n) is 7.77. The van der Waals surface area contributed by atoms with Crippen molar-refractivity contribution < 1.29 is 4.74 Å². The third-order valence-electron chi connectivity index (χ3n) is 1.76. The lowest BCUT2D eigenvalue weighted by molar-refractivity contribution is 0.402. The van der Waals surface area contributed by atoms with Crippen molar-refractivity contribution >= 4 is 15.9 Å². The molecule has 2 aromatic heterocycles. The molecule has 0 unspecified atom stereocenters. The molecule has 0 bridgehead atoms. The van der Waals surface area contributed by atoms with Gasteiger partial charge in [-0.05, 0) is 15.9 Å². The molecular weight excluding hydrogens is 264 g/mol. The lowest BCUT2D eigenvalue weighted by atomic mass is 10.5. The Hall–Kier alpha value is -1.63. The van der Waals surface area contributed by atoms with Gasteiger partial charge in [-0.2, -0.15) is 5.10 Å². The maximum atomic E-state index is 11.4. The molecule has 2 rings (SSSR count). The first-order valence-corrected chi connectivity index (χ1v) is 4.84. The Labute approximate surface area is 93.0 Å². The van der Waals surface area contributed by atoms with Gasteiger partial charge in [-0.25, -0.2) is 9.67 Å². The number of rotatable bonds is 2. The Balaban J connectivity index is 2.62. The normalized spacial score (nSPS) is 10.3. The number of hydrogen-bond acceptors (Lipinski definition) is 4. The molecule has 0 aliphatic heterocycles. The van der Waals surface area contributed by atoms with Crippen LogP contribution in [-0.4, -0.2) is 26.9 Å². The Morgan fingerprint density at radius 2 is 2.40 bits per heavy atom. The molecule has 15 heavy (non-hydrogen) atoms. The molecule has 0 amide bonds. The third-order valence-corrected chi connectivity index (χ3v) is 2.17. The van der Waals surface area contributed by atoms with Gasteiger partial charge in [0.2, 0.25) is 11.6 Å². The highest BCUT2D eigenvalue weighted by atomic mass is 79.9. The van der Waals surface area contributed by atoms with Crippen molar-refractivity contribution in [3.8, 4) is 11.6 Å². The first-order chi connectivity index (χ1) is 7.22. The molecule has 2 aromatic rings. The molecule has 0 fully saturated rings. The summed E-state index contributed by atoms with van der Waals surface area (Å²) >= 11 is 3.26. The molecule has 0 saturated heterocycles. The number of ether oxygens (including phenoxy) is 1. The van der Waals surface area contributed by atoms with Gasteiger partial charge >= 0.3 is 0 Å². The molecule has 0 aliphatic carbocycles. The van der Waals surface area contributed by atoms with Crippen LogP contribution >= 0.6 is 15.9 Å². The van der Waals surface area contributed by atoms with E-state index in [-0.39, 0.29) is 11.3 Å². The van der Waals surface area contributed by atoms with E-state index in [1.165, 1.54) is 18.1 Å². The molecule has 0 saturated carbocycles. The largest absolute Gasteiger partial charge is 0.488 e. The quantitative estimate of drug-likeness (QED) is 0.873. The van der Waals surface area contributed by atoms with Gasteiger partial charge in [-0.3, -0.25) is 4.79 Å². The second kappa shape index (κ2) is 3.85. The number of halogens is 1. The molecule has 1 N–H and O–H groups in total. The summed E-state index contributed by atoms with van der Waals surface area (Å²) in [6, 6.07) is 0. The molecular formula is C8H7BrN4O2. The molecule has 6 nitrogen and oxygen atoms in total. The van der Waals surface area contributed by atoms with Gasteiger partial charge in [0.15, 0.2) is 0 Å². The minimum atomic E-state index is -0.339. The maximum Gasteiger partial charge on any atom is 0.295 e. The standard InChI is InChI=1S/C8H7BrN4O2/c1-15-6-7(10-4-11-8(6)14)13-3-5(9)2-12-13/h2-4H,1H3,(H,10,11,14). The van der Waals surface area contributed by atoms with Crippen molar-refractivity contribution in [3.63, 3.8) is 0 Å². The van der Waals surface area contributed by atoms with E-state index in [9.17, 15) is 4.79 Å². The lowest BCUT2D eigenvalue weighted by Crippen LogP contribution is -2.14. The average molecular weight is 271 g/mol. The van der Waals surface area contributed by atoms with Crippen LogP contribution in [0.3, 0.4) is 0 Å². The number of methoxy groups -OCH3 is 1. The number of aromatic amines is 1. The summed E-state index contributed by atoms with van der Waals surface area (Å²) in [6.45, 7) is 0. The summed E-state index contributed by atoms with van der Waals surface area (Å²) in [5, 5.41) is 4.01. The fourth-order valence-corrected chi connectivity index (χ4v) is 1.43. The zero-order chi connectivity index (χ0) is 10.8. The van der Waals surface area contributed by atoms with Gasteiger partial charge in [0.05, 0.1) is 24.1 Å². The highest BCUT2D eigenvalue weighted by Gasteiger charge is 2.11. The molecule has 0 aromatic carbocycles. The molecule has 0 aliphatic rings. The summed E-state index contributed by atoms with van der Waals surface area (Å²) in [4.78, 5) is 17.8. The van der Waals surface area contributed by atoms with E-state index in [0.717, 1.165) is 4.47 Å². The van der Waals surface area contributed by atoms with Crippen LogP contribution < -0.4 is 10.3 Å². The van der Waals surface area contributed by atoms with Gasteiger partial charge in [-0.1, -0.05) is 0 Å². The van der Waals surface area contributed by atoms with E-state index in [1.54, 1.807) is 12.4 Å². The minimum Gasteiger partial charge on any atom is -0.488 e. The minimum absolute atomic E-state index is 0.133. The van der Waals surface area contributed by atoms with Crippen molar-refractivity contribution in [2.45, 2.75) is 0 Å². The third kappa shape index (κ3) is 1.78. The second-order valence-corrected chi connectivity index (χ2v) is 3.61. The van der Waals surface area contributed by atoms with E-state index < -0.39 is 0 Å². The Morgan fingerprint density at radius 3 is 3.00 bits per heavy atom.